The smallest absolute Gasteiger partial charge is 0.274 e. The van der Waals surface area contributed by atoms with E-state index in [1.807, 2.05) is 77.2 Å². The van der Waals surface area contributed by atoms with Crippen LogP contribution >= 0.6 is 0 Å². The van der Waals surface area contributed by atoms with Crippen LogP contribution in [0, 0.1) is 5.92 Å². The number of anilines is 1. The molecule has 1 aromatic heterocycles. The van der Waals surface area contributed by atoms with E-state index in [0.29, 0.717) is 18.2 Å². The fourth-order valence-corrected chi connectivity index (χ4v) is 3.53. The number of rotatable bonds is 4. The molecule has 0 aliphatic carbocycles. The van der Waals surface area contributed by atoms with Gasteiger partial charge in [0.25, 0.3) is 5.91 Å². The number of hydrogen-bond acceptors (Lipinski definition) is 2. The average molecular weight is 334 g/mol. The lowest BCUT2D eigenvalue weighted by Crippen LogP contribution is -2.36. The molecule has 0 bridgehead atoms. The molecule has 4 rings (SSSR count). The van der Waals surface area contributed by atoms with E-state index in [1.54, 1.807) is 0 Å². The molecule has 1 fully saturated rings. The zero-order chi connectivity index (χ0) is 17.2. The highest BCUT2D eigenvalue weighted by molar-refractivity contribution is 6.08. The molecule has 1 unspecified atom stereocenters. The molecule has 25 heavy (non-hydrogen) atoms. The lowest BCUT2D eigenvalue weighted by atomic mass is 10.1. The molecule has 4 nitrogen and oxygen atoms in total. The number of aromatic nitrogens is 1. The van der Waals surface area contributed by atoms with E-state index in [-0.39, 0.29) is 5.91 Å². The summed E-state index contributed by atoms with van der Waals surface area (Å²) in [5.41, 5.74) is 2.72. The lowest BCUT2D eigenvalue weighted by molar-refractivity contribution is 0.0974. The Kier molecular flexibility index (Phi) is 4.28. The topological polar surface area (TPSA) is 34.5 Å². The second kappa shape index (κ2) is 6.73. The fraction of sp³-hybridized carbons (Fsp3) is 0.286. The molecule has 1 saturated heterocycles. The summed E-state index contributed by atoms with van der Waals surface area (Å²) in [4.78, 5) is 15.3. The normalized spacial score (nSPS) is 17.1. The first-order valence-electron chi connectivity index (χ1n) is 8.73. The van der Waals surface area contributed by atoms with Gasteiger partial charge in [0.15, 0.2) is 0 Å². The second-order valence-corrected chi connectivity index (χ2v) is 6.63. The molecule has 2 aromatic carbocycles. The largest absolute Gasteiger partial charge is 0.381 e. The summed E-state index contributed by atoms with van der Waals surface area (Å²) in [6.45, 7) is 2.20. The predicted octanol–water partition coefficient (Wildman–Crippen LogP) is 3.86. The Labute approximate surface area is 147 Å². The number of hydrogen-bond donors (Lipinski definition) is 0. The minimum atomic E-state index is 0.0387. The van der Waals surface area contributed by atoms with Gasteiger partial charge in [0.2, 0.25) is 0 Å². The van der Waals surface area contributed by atoms with Crippen LogP contribution in [0.4, 0.5) is 5.69 Å². The molecule has 0 radical (unpaired) electrons. The summed E-state index contributed by atoms with van der Waals surface area (Å²) in [5.74, 6) is 0.427. The first kappa shape index (κ1) is 15.9. The molecular weight excluding hydrogens is 312 g/mol. The number of fused-ring (bicyclic) bond motifs is 1. The van der Waals surface area contributed by atoms with Crippen LogP contribution in [-0.4, -0.2) is 30.2 Å². The number of para-hydroxylation sites is 2. The van der Waals surface area contributed by atoms with Crippen molar-refractivity contribution in [1.82, 2.24) is 4.57 Å². The van der Waals surface area contributed by atoms with Crippen molar-refractivity contribution < 1.29 is 9.53 Å². The van der Waals surface area contributed by atoms with E-state index in [0.717, 1.165) is 36.2 Å². The van der Waals surface area contributed by atoms with Gasteiger partial charge < -0.3 is 14.2 Å². The molecule has 1 amide bonds. The first-order chi connectivity index (χ1) is 12.2. The van der Waals surface area contributed by atoms with Gasteiger partial charge in [-0.3, -0.25) is 4.79 Å². The van der Waals surface area contributed by atoms with Crippen molar-refractivity contribution in [3.05, 3.63) is 66.4 Å². The second-order valence-electron chi connectivity index (χ2n) is 6.63. The van der Waals surface area contributed by atoms with E-state index >= 15 is 0 Å². The molecule has 1 aliphatic rings. The van der Waals surface area contributed by atoms with Crippen LogP contribution in [-0.2, 0) is 11.8 Å². The average Bonchev–Trinajstić information content (AvgIpc) is 3.28. The number of nitrogens with zero attached hydrogens (tertiary/aromatic N) is 2. The molecule has 128 valence electrons. The monoisotopic (exact) mass is 334 g/mol. The van der Waals surface area contributed by atoms with Crippen molar-refractivity contribution in [3.63, 3.8) is 0 Å². The highest BCUT2D eigenvalue weighted by Crippen LogP contribution is 2.25. The molecule has 0 N–H and O–H groups in total. The van der Waals surface area contributed by atoms with Crippen molar-refractivity contribution in [2.24, 2.45) is 13.0 Å². The van der Waals surface area contributed by atoms with Gasteiger partial charge in [-0.2, -0.15) is 0 Å². The number of amides is 1. The maximum absolute atomic E-state index is 13.4. The van der Waals surface area contributed by atoms with Gasteiger partial charge in [-0.05, 0) is 30.7 Å². The minimum absolute atomic E-state index is 0.0387. The van der Waals surface area contributed by atoms with Crippen LogP contribution in [0.15, 0.2) is 60.7 Å². The van der Waals surface area contributed by atoms with Gasteiger partial charge in [-0.1, -0.05) is 36.4 Å². The zero-order valence-electron chi connectivity index (χ0n) is 14.4. The fourth-order valence-electron chi connectivity index (χ4n) is 3.53. The highest BCUT2D eigenvalue weighted by atomic mass is 16.5. The summed E-state index contributed by atoms with van der Waals surface area (Å²) in [6, 6.07) is 20.0. The van der Waals surface area contributed by atoms with Gasteiger partial charge in [-0.15, -0.1) is 0 Å². The Morgan fingerprint density at radius 3 is 2.64 bits per heavy atom. The molecule has 0 spiro atoms. The van der Waals surface area contributed by atoms with Crippen molar-refractivity contribution >= 4 is 22.5 Å². The van der Waals surface area contributed by atoms with E-state index < -0.39 is 0 Å². The molecule has 4 heteroatoms. The van der Waals surface area contributed by atoms with E-state index in [4.69, 9.17) is 4.74 Å². The van der Waals surface area contributed by atoms with Crippen molar-refractivity contribution in [2.45, 2.75) is 6.42 Å². The Balaban J connectivity index is 1.72. The standard InChI is InChI=1S/C21H22N2O2/c1-22-19-10-6-5-7-17(19)13-20(22)21(24)23(14-16-11-12-25-15-16)18-8-3-2-4-9-18/h2-10,13,16H,11-12,14-15H2,1H3. The Hall–Kier alpha value is -2.59. The molecule has 2 heterocycles. The maximum Gasteiger partial charge on any atom is 0.274 e. The van der Waals surface area contributed by atoms with Gasteiger partial charge in [0.1, 0.15) is 5.69 Å². The van der Waals surface area contributed by atoms with Crippen LogP contribution in [0.3, 0.4) is 0 Å². The molecule has 1 aliphatic heterocycles. The Bertz CT molecular complexity index is 879. The van der Waals surface area contributed by atoms with E-state index in [1.165, 1.54) is 0 Å². The summed E-state index contributed by atoms with van der Waals surface area (Å²) >= 11 is 0. The summed E-state index contributed by atoms with van der Waals surface area (Å²) in [5, 5.41) is 1.09. The number of aryl methyl sites for hydroxylation is 1. The van der Waals surface area contributed by atoms with Gasteiger partial charge in [0.05, 0.1) is 6.61 Å². The molecule has 3 aromatic rings. The van der Waals surface area contributed by atoms with Crippen LogP contribution in [0.5, 0.6) is 0 Å². The highest BCUT2D eigenvalue weighted by Gasteiger charge is 2.26. The molecule has 0 saturated carbocycles. The van der Waals surface area contributed by atoms with Gasteiger partial charge in [0, 0.05) is 42.7 Å². The summed E-state index contributed by atoms with van der Waals surface area (Å²) < 4.78 is 7.49. The van der Waals surface area contributed by atoms with Gasteiger partial charge >= 0.3 is 0 Å². The van der Waals surface area contributed by atoms with E-state index in [2.05, 4.69) is 0 Å². The maximum atomic E-state index is 13.4. The lowest BCUT2D eigenvalue weighted by Gasteiger charge is -2.25. The zero-order valence-corrected chi connectivity index (χ0v) is 14.4. The van der Waals surface area contributed by atoms with E-state index in [9.17, 15) is 4.79 Å². The van der Waals surface area contributed by atoms with Crippen molar-refractivity contribution in [3.8, 4) is 0 Å². The SMILES string of the molecule is Cn1c(C(=O)N(CC2CCOC2)c2ccccc2)cc2ccccc21. The molecular formula is C21H22N2O2. The van der Waals surface area contributed by atoms with Crippen molar-refractivity contribution in [2.75, 3.05) is 24.7 Å². The van der Waals surface area contributed by atoms with Gasteiger partial charge in [-0.25, -0.2) is 0 Å². The molecule has 1 atom stereocenters. The third-order valence-corrected chi connectivity index (χ3v) is 4.95. The number of ether oxygens (including phenoxy) is 1. The summed E-state index contributed by atoms with van der Waals surface area (Å²) in [7, 11) is 1.96. The third kappa shape index (κ3) is 3.05. The third-order valence-electron chi connectivity index (χ3n) is 4.95. The number of carbonyl (C=O) groups is 1. The Morgan fingerprint density at radius 1 is 1.16 bits per heavy atom. The minimum Gasteiger partial charge on any atom is -0.381 e. The van der Waals surface area contributed by atoms with Crippen LogP contribution in [0.25, 0.3) is 10.9 Å². The number of carbonyl (C=O) groups excluding carboxylic acids is 1. The van der Waals surface area contributed by atoms with Crippen LogP contribution in [0.1, 0.15) is 16.9 Å². The Morgan fingerprint density at radius 2 is 1.92 bits per heavy atom. The predicted molar refractivity (Wildman–Crippen MR) is 100.0 cm³/mol. The van der Waals surface area contributed by atoms with Crippen molar-refractivity contribution in [1.29, 1.82) is 0 Å². The quantitative estimate of drug-likeness (QED) is 0.726. The number of benzene rings is 2. The van der Waals surface area contributed by atoms with Crippen LogP contribution in [0.2, 0.25) is 0 Å². The first-order valence-corrected chi connectivity index (χ1v) is 8.73. The van der Waals surface area contributed by atoms with Crippen LogP contribution < -0.4 is 4.90 Å². The summed E-state index contributed by atoms with van der Waals surface area (Å²) in [6.07, 6.45) is 1.01.